The number of unbranched alkanes of at least 4 members (excludes halogenated alkanes) is 5. The van der Waals surface area contributed by atoms with Crippen LogP contribution < -0.4 is 4.74 Å². The van der Waals surface area contributed by atoms with Gasteiger partial charge in [-0.25, -0.2) is 0 Å². The monoisotopic (exact) mass is 430 g/mol. The fourth-order valence-electron chi connectivity index (χ4n) is 2.88. The van der Waals surface area contributed by atoms with Gasteiger partial charge in [0.2, 0.25) is 0 Å². The van der Waals surface area contributed by atoms with E-state index in [9.17, 15) is 0 Å². The molecule has 1 aromatic rings. The van der Waals surface area contributed by atoms with Crippen molar-refractivity contribution in [2.75, 3.05) is 0 Å². The third kappa shape index (κ3) is 7.13. The first-order valence-electron chi connectivity index (χ1n) is 9.71. The number of halogens is 2. The van der Waals surface area contributed by atoms with Crippen LogP contribution in [0.2, 0.25) is 5.02 Å². The zero-order valence-corrected chi connectivity index (χ0v) is 19.3. The maximum Gasteiger partial charge on any atom is 0.138 e. The summed E-state index contributed by atoms with van der Waals surface area (Å²) in [7, 11) is 0. The minimum absolute atomic E-state index is 0.0484. The maximum atomic E-state index is 6.47. The summed E-state index contributed by atoms with van der Waals surface area (Å²) in [5.41, 5.74) is 0.203. The Bertz CT molecular complexity index is 519. The quantitative estimate of drug-likeness (QED) is 0.337. The first-order valence-corrected chi connectivity index (χ1v) is 10.9. The molecule has 0 fully saturated rings. The maximum absolute atomic E-state index is 6.47. The summed E-state index contributed by atoms with van der Waals surface area (Å²) >= 11 is 9.87. The second-order valence-electron chi connectivity index (χ2n) is 8.71. The molecule has 0 aliphatic carbocycles. The molecule has 1 aromatic carbocycles. The van der Waals surface area contributed by atoms with Crippen LogP contribution in [0.15, 0.2) is 22.7 Å². The molecule has 0 amide bonds. The lowest BCUT2D eigenvalue weighted by Gasteiger charge is -2.45. The van der Waals surface area contributed by atoms with Crippen molar-refractivity contribution in [1.82, 2.24) is 0 Å². The largest absolute Gasteiger partial charge is 0.488 e. The van der Waals surface area contributed by atoms with E-state index in [-0.39, 0.29) is 16.9 Å². The number of benzene rings is 1. The first kappa shape index (κ1) is 22.8. The predicted molar refractivity (Wildman–Crippen MR) is 115 cm³/mol. The molecule has 0 radical (unpaired) electrons. The highest BCUT2D eigenvalue weighted by Gasteiger charge is 2.41. The van der Waals surface area contributed by atoms with Gasteiger partial charge in [-0.1, -0.05) is 101 Å². The average molecular weight is 432 g/mol. The summed E-state index contributed by atoms with van der Waals surface area (Å²) in [5, 5.41) is 0.673. The van der Waals surface area contributed by atoms with Gasteiger partial charge in [0.05, 0.1) is 5.02 Å². The Morgan fingerprint density at radius 1 is 1.00 bits per heavy atom. The number of hydrogen-bond acceptors (Lipinski definition) is 1. The lowest BCUT2D eigenvalue weighted by molar-refractivity contribution is -0.0166. The van der Waals surface area contributed by atoms with Gasteiger partial charge in [-0.2, -0.15) is 0 Å². The average Bonchev–Trinajstić information content (AvgIpc) is 2.50. The Kier molecular flexibility index (Phi) is 9.32. The highest BCUT2D eigenvalue weighted by atomic mass is 79.9. The molecule has 0 aromatic heterocycles. The van der Waals surface area contributed by atoms with E-state index in [1.807, 2.05) is 18.2 Å². The van der Waals surface area contributed by atoms with Crippen LogP contribution >= 0.6 is 27.5 Å². The number of hydrogen-bond donors (Lipinski definition) is 0. The summed E-state index contributed by atoms with van der Waals surface area (Å²) in [6.07, 6.45) is 9.04. The Morgan fingerprint density at radius 3 is 2.16 bits per heavy atom. The van der Waals surface area contributed by atoms with Crippen LogP contribution in [0.3, 0.4) is 0 Å². The molecule has 0 saturated carbocycles. The molecule has 3 heteroatoms. The van der Waals surface area contributed by atoms with Crippen LogP contribution in [0.25, 0.3) is 0 Å². The van der Waals surface area contributed by atoms with Gasteiger partial charge in [0.25, 0.3) is 0 Å². The summed E-state index contributed by atoms with van der Waals surface area (Å²) in [6, 6.07) is 5.87. The van der Waals surface area contributed by atoms with Crippen molar-refractivity contribution >= 4 is 27.5 Å². The first-order chi connectivity index (χ1) is 11.6. The summed E-state index contributed by atoms with van der Waals surface area (Å²) < 4.78 is 7.45. The van der Waals surface area contributed by atoms with Crippen LogP contribution in [0.4, 0.5) is 0 Å². The molecule has 0 saturated heterocycles. The molecule has 1 unspecified atom stereocenters. The van der Waals surface area contributed by atoms with Gasteiger partial charge in [-0.3, -0.25) is 0 Å². The van der Waals surface area contributed by atoms with Gasteiger partial charge < -0.3 is 4.74 Å². The molecule has 1 atom stereocenters. The standard InChI is InChI=1S/C22H36BrClO/c1-7-8-9-10-11-12-13-20(22(5,6)21(2,3)4)25-19-15-14-17(23)16-18(19)24/h14-16,20H,7-13H2,1-6H3. The third-order valence-electron chi connectivity index (χ3n) is 5.72. The summed E-state index contributed by atoms with van der Waals surface area (Å²) in [5.74, 6) is 0.790. The molecule has 0 aliphatic rings. The van der Waals surface area contributed by atoms with E-state index in [0.717, 1.165) is 16.6 Å². The zero-order chi connectivity index (χ0) is 19.1. The lowest BCUT2D eigenvalue weighted by atomic mass is 9.65. The Balaban J connectivity index is 2.81. The predicted octanol–water partition coefficient (Wildman–Crippen LogP) is 8.67. The van der Waals surface area contributed by atoms with Crippen molar-refractivity contribution in [3.8, 4) is 5.75 Å². The fourth-order valence-corrected chi connectivity index (χ4v) is 3.60. The Labute approximate surface area is 169 Å². The van der Waals surface area contributed by atoms with Crippen LogP contribution in [0.1, 0.15) is 86.5 Å². The highest BCUT2D eigenvalue weighted by Crippen LogP contribution is 2.44. The molecule has 0 aliphatic heterocycles. The van der Waals surface area contributed by atoms with Gasteiger partial charge in [-0.05, 0) is 36.5 Å². The molecule has 1 rings (SSSR count). The fraction of sp³-hybridized carbons (Fsp3) is 0.727. The van der Waals surface area contributed by atoms with Gasteiger partial charge in [0, 0.05) is 9.89 Å². The minimum atomic E-state index is 0.0484. The van der Waals surface area contributed by atoms with Crippen molar-refractivity contribution in [3.63, 3.8) is 0 Å². The van der Waals surface area contributed by atoms with Gasteiger partial charge in [0.15, 0.2) is 0 Å². The van der Waals surface area contributed by atoms with Crippen molar-refractivity contribution in [1.29, 1.82) is 0 Å². The van der Waals surface area contributed by atoms with E-state index in [1.165, 1.54) is 38.5 Å². The van der Waals surface area contributed by atoms with Crippen molar-refractivity contribution in [2.45, 2.75) is 92.6 Å². The van der Waals surface area contributed by atoms with E-state index in [4.69, 9.17) is 16.3 Å². The van der Waals surface area contributed by atoms with Crippen LogP contribution in [-0.2, 0) is 0 Å². The zero-order valence-electron chi connectivity index (χ0n) is 16.9. The number of rotatable bonds is 10. The van der Waals surface area contributed by atoms with Crippen molar-refractivity contribution < 1.29 is 4.74 Å². The molecular weight excluding hydrogens is 396 g/mol. The van der Waals surface area contributed by atoms with Crippen LogP contribution in [0, 0.1) is 10.8 Å². The highest BCUT2D eigenvalue weighted by molar-refractivity contribution is 9.10. The second kappa shape index (κ2) is 10.2. The topological polar surface area (TPSA) is 9.23 Å². The Hall–Kier alpha value is -0.210. The van der Waals surface area contributed by atoms with E-state index in [1.54, 1.807) is 0 Å². The van der Waals surface area contributed by atoms with Gasteiger partial charge in [-0.15, -0.1) is 0 Å². The molecule has 0 heterocycles. The minimum Gasteiger partial charge on any atom is -0.488 e. The molecule has 1 nitrogen and oxygen atoms in total. The van der Waals surface area contributed by atoms with Crippen LogP contribution in [0.5, 0.6) is 5.75 Å². The summed E-state index contributed by atoms with van der Waals surface area (Å²) in [6.45, 7) is 13.8. The molecule has 0 spiro atoms. The molecular formula is C22H36BrClO. The molecule has 144 valence electrons. The summed E-state index contributed by atoms with van der Waals surface area (Å²) in [4.78, 5) is 0. The SMILES string of the molecule is CCCCCCCCC(Oc1ccc(Br)cc1Cl)C(C)(C)C(C)(C)C. The normalized spacial score (nSPS) is 13.8. The van der Waals surface area contributed by atoms with E-state index < -0.39 is 0 Å². The molecule has 0 bridgehead atoms. The lowest BCUT2D eigenvalue weighted by Crippen LogP contribution is -2.44. The van der Waals surface area contributed by atoms with E-state index in [0.29, 0.717) is 5.02 Å². The molecule has 0 N–H and O–H groups in total. The van der Waals surface area contributed by atoms with Gasteiger partial charge >= 0.3 is 0 Å². The second-order valence-corrected chi connectivity index (χ2v) is 10.0. The van der Waals surface area contributed by atoms with E-state index in [2.05, 4.69) is 57.5 Å². The van der Waals surface area contributed by atoms with Crippen LogP contribution in [-0.4, -0.2) is 6.10 Å². The van der Waals surface area contributed by atoms with Crippen molar-refractivity contribution in [3.05, 3.63) is 27.7 Å². The van der Waals surface area contributed by atoms with E-state index >= 15 is 0 Å². The third-order valence-corrected chi connectivity index (χ3v) is 6.51. The number of ether oxygens (including phenoxy) is 1. The smallest absolute Gasteiger partial charge is 0.138 e. The Morgan fingerprint density at radius 2 is 1.60 bits per heavy atom. The van der Waals surface area contributed by atoms with Gasteiger partial charge in [0.1, 0.15) is 11.9 Å². The molecule has 25 heavy (non-hydrogen) atoms. The van der Waals surface area contributed by atoms with Crippen molar-refractivity contribution in [2.24, 2.45) is 10.8 Å².